The number of nitrogens with zero attached hydrogens (tertiary/aromatic N) is 2. The summed E-state index contributed by atoms with van der Waals surface area (Å²) in [6.07, 6.45) is 1.79. The van der Waals surface area contributed by atoms with Crippen molar-refractivity contribution in [1.29, 1.82) is 0 Å². The number of carbonyl (C=O) groups excluding carboxylic acids is 1. The number of aromatic nitrogens is 2. The van der Waals surface area contributed by atoms with Gasteiger partial charge in [0.25, 0.3) is 5.91 Å². The van der Waals surface area contributed by atoms with Gasteiger partial charge in [0.05, 0.1) is 0 Å². The Labute approximate surface area is 161 Å². The monoisotopic (exact) mass is 380 g/mol. The van der Waals surface area contributed by atoms with E-state index in [2.05, 4.69) is 48.5 Å². The first kappa shape index (κ1) is 22.1. The Kier molecular flexibility index (Phi) is 8.75. The largest absolute Gasteiger partial charge is 0.351 e. The van der Waals surface area contributed by atoms with Crippen LogP contribution < -0.4 is 10.6 Å². The molecule has 1 aromatic heterocycles. The summed E-state index contributed by atoms with van der Waals surface area (Å²) < 4.78 is 5.33. The number of hydrogen-bond donors (Lipinski definition) is 2. The first-order chi connectivity index (χ1) is 11.9. The topological polar surface area (TPSA) is 80.0 Å². The van der Waals surface area contributed by atoms with Crippen LogP contribution in [-0.2, 0) is 6.42 Å². The Morgan fingerprint density at radius 3 is 2.65 bits per heavy atom. The van der Waals surface area contributed by atoms with Crippen LogP contribution in [-0.4, -0.2) is 35.7 Å². The van der Waals surface area contributed by atoms with Gasteiger partial charge in [-0.2, -0.15) is 4.98 Å². The SMILES string of the molecule is CCCNCCNC(=O)c1cccc(-c2noc(CC(C)(C)C)n2)c1.Cl. The highest BCUT2D eigenvalue weighted by Crippen LogP contribution is 2.22. The van der Waals surface area contributed by atoms with Crippen molar-refractivity contribution in [1.82, 2.24) is 20.8 Å². The molecule has 2 aromatic rings. The molecule has 144 valence electrons. The van der Waals surface area contributed by atoms with Crippen molar-refractivity contribution in [2.75, 3.05) is 19.6 Å². The van der Waals surface area contributed by atoms with Crippen LogP contribution in [0.4, 0.5) is 0 Å². The molecule has 0 fully saturated rings. The molecule has 1 heterocycles. The Morgan fingerprint density at radius 2 is 1.96 bits per heavy atom. The molecule has 6 nitrogen and oxygen atoms in total. The highest BCUT2D eigenvalue weighted by Gasteiger charge is 2.17. The summed E-state index contributed by atoms with van der Waals surface area (Å²) >= 11 is 0. The van der Waals surface area contributed by atoms with Crippen LogP contribution in [0, 0.1) is 5.41 Å². The van der Waals surface area contributed by atoms with Gasteiger partial charge in [-0.3, -0.25) is 4.79 Å². The lowest BCUT2D eigenvalue weighted by Crippen LogP contribution is -2.32. The molecule has 0 spiro atoms. The van der Waals surface area contributed by atoms with Crippen molar-refractivity contribution in [3.8, 4) is 11.4 Å². The normalized spacial score (nSPS) is 11.1. The summed E-state index contributed by atoms with van der Waals surface area (Å²) in [6.45, 7) is 10.8. The summed E-state index contributed by atoms with van der Waals surface area (Å²) in [5.74, 6) is 1.02. The van der Waals surface area contributed by atoms with Gasteiger partial charge in [-0.1, -0.05) is 45.0 Å². The summed E-state index contributed by atoms with van der Waals surface area (Å²) in [7, 11) is 0. The van der Waals surface area contributed by atoms with Crippen LogP contribution in [0.15, 0.2) is 28.8 Å². The Balaban J connectivity index is 0.00000338. The minimum atomic E-state index is -0.0986. The minimum absolute atomic E-state index is 0. The fourth-order valence-electron chi connectivity index (χ4n) is 2.37. The van der Waals surface area contributed by atoms with Crippen LogP contribution in [0.1, 0.15) is 50.4 Å². The van der Waals surface area contributed by atoms with Crippen LogP contribution in [0.2, 0.25) is 0 Å². The molecule has 0 radical (unpaired) electrons. The lowest BCUT2D eigenvalue weighted by Gasteiger charge is -2.13. The zero-order valence-electron chi connectivity index (χ0n) is 16.0. The molecular weight excluding hydrogens is 352 g/mol. The van der Waals surface area contributed by atoms with Gasteiger partial charge in [0.2, 0.25) is 11.7 Å². The lowest BCUT2D eigenvalue weighted by molar-refractivity contribution is 0.0954. The van der Waals surface area contributed by atoms with Crippen molar-refractivity contribution in [3.63, 3.8) is 0 Å². The zero-order valence-corrected chi connectivity index (χ0v) is 16.8. The van der Waals surface area contributed by atoms with E-state index in [4.69, 9.17) is 4.52 Å². The lowest BCUT2D eigenvalue weighted by atomic mass is 9.92. The number of halogens is 1. The Morgan fingerprint density at radius 1 is 1.19 bits per heavy atom. The third-order valence-corrected chi connectivity index (χ3v) is 3.55. The molecule has 0 aliphatic carbocycles. The van der Waals surface area contributed by atoms with E-state index in [9.17, 15) is 4.79 Å². The number of amides is 1. The van der Waals surface area contributed by atoms with E-state index >= 15 is 0 Å². The molecule has 0 atom stereocenters. The molecule has 1 amide bonds. The van der Waals surface area contributed by atoms with Gasteiger partial charge in [-0.15, -0.1) is 12.4 Å². The molecule has 0 aliphatic heterocycles. The van der Waals surface area contributed by atoms with Crippen LogP contribution in [0.3, 0.4) is 0 Å². The van der Waals surface area contributed by atoms with Crippen molar-refractivity contribution in [3.05, 3.63) is 35.7 Å². The third-order valence-electron chi connectivity index (χ3n) is 3.55. The van der Waals surface area contributed by atoms with Crippen LogP contribution >= 0.6 is 12.4 Å². The molecule has 26 heavy (non-hydrogen) atoms. The molecule has 0 unspecified atom stereocenters. The first-order valence-corrected chi connectivity index (χ1v) is 8.81. The van der Waals surface area contributed by atoms with Gasteiger partial charge in [0, 0.05) is 30.6 Å². The molecule has 0 saturated carbocycles. The number of benzene rings is 1. The van der Waals surface area contributed by atoms with Crippen molar-refractivity contribution >= 4 is 18.3 Å². The second-order valence-electron chi connectivity index (χ2n) is 7.34. The van der Waals surface area contributed by atoms with E-state index in [1.807, 2.05) is 12.1 Å². The average Bonchev–Trinajstić information content (AvgIpc) is 3.01. The Hall–Kier alpha value is -1.92. The highest BCUT2D eigenvalue weighted by molar-refractivity contribution is 5.95. The maximum Gasteiger partial charge on any atom is 0.251 e. The van der Waals surface area contributed by atoms with Crippen molar-refractivity contribution < 1.29 is 9.32 Å². The van der Waals surface area contributed by atoms with E-state index in [-0.39, 0.29) is 23.7 Å². The summed E-state index contributed by atoms with van der Waals surface area (Å²) in [5.41, 5.74) is 1.45. The van der Waals surface area contributed by atoms with Gasteiger partial charge in [0.15, 0.2) is 0 Å². The van der Waals surface area contributed by atoms with Gasteiger partial charge in [0.1, 0.15) is 0 Å². The van der Waals surface area contributed by atoms with Gasteiger partial charge in [-0.25, -0.2) is 0 Å². The highest BCUT2D eigenvalue weighted by atomic mass is 35.5. The molecule has 2 N–H and O–H groups in total. The average molecular weight is 381 g/mol. The van der Waals surface area contributed by atoms with E-state index in [1.165, 1.54) is 0 Å². The van der Waals surface area contributed by atoms with E-state index in [0.717, 1.165) is 25.1 Å². The second-order valence-corrected chi connectivity index (χ2v) is 7.34. The smallest absolute Gasteiger partial charge is 0.251 e. The predicted molar refractivity (Wildman–Crippen MR) is 106 cm³/mol. The second kappa shape index (κ2) is 10.3. The first-order valence-electron chi connectivity index (χ1n) is 8.81. The summed E-state index contributed by atoms with van der Waals surface area (Å²) in [6, 6.07) is 7.29. The molecule has 0 aliphatic rings. The summed E-state index contributed by atoms with van der Waals surface area (Å²) in [4.78, 5) is 16.7. The quantitative estimate of drug-likeness (QED) is 0.685. The van der Waals surface area contributed by atoms with Gasteiger partial charge in [-0.05, 0) is 30.5 Å². The fraction of sp³-hybridized carbons (Fsp3) is 0.526. The van der Waals surface area contributed by atoms with Gasteiger partial charge < -0.3 is 15.2 Å². The molecule has 7 heteroatoms. The fourth-order valence-corrected chi connectivity index (χ4v) is 2.37. The van der Waals surface area contributed by atoms with Crippen LogP contribution in [0.25, 0.3) is 11.4 Å². The number of carbonyl (C=O) groups is 1. The third kappa shape index (κ3) is 7.14. The maximum atomic E-state index is 12.3. The summed E-state index contributed by atoms with van der Waals surface area (Å²) in [5, 5.41) is 10.2. The molecule has 1 aromatic carbocycles. The molecule has 0 bridgehead atoms. The van der Waals surface area contributed by atoms with E-state index < -0.39 is 0 Å². The maximum absolute atomic E-state index is 12.3. The van der Waals surface area contributed by atoms with E-state index in [1.54, 1.807) is 12.1 Å². The van der Waals surface area contributed by atoms with Gasteiger partial charge >= 0.3 is 0 Å². The minimum Gasteiger partial charge on any atom is -0.351 e. The van der Waals surface area contributed by atoms with E-state index in [0.29, 0.717) is 30.2 Å². The molecular formula is C19H29ClN4O2. The van der Waals surface area contributed by atoms with Crippen molar-refractivity contribution in [2.45, 2.75) is 40.5 Å². The van der Waals surface area contributed by atoms with Crippen LogP contribution in [0.5, 0.6) is 0 Å². The zero-order chi connectivity index (χ0) is 18.3. The number of hydrogen-bond acceptors (Lipinski definition) is 5. The predicted octanol–water partition coefficient (Wildman–Crippen LogP) is 3.48. The number of nitrogens with one attached hydrogen (secondary N) is 2. The molecule has 2 rings (SSSR count). The van der Waals surface area contributed by atoms with Crippen molar-refractivity contribution in [2.24, 2.45) is 5.41 Å². The molecule has 0 saturated heterocycles. The standard InChI is InChI=1S/C19H28N4O2.ClH/c1-5-9-20-10-11-21-18(24)15-8-6-7-14(12-15)17-22-16(25-23-17)13-19(2,3)4;/h6-8,12,20H,5,9-11,13H2,1-4H3,(H,21,24);1H. The Bertz CT molecular complexity index is 695. The number of rotatable bonds is 8.